The van der Waals surface area contributed by atoms with Crippen molar-refractivity contribution in [2.45, 2.75) is 27.7 Å². The Balaban J connectivity index is 3.19. The van der Waals surface area contributed by atoms with Gasteiger partial charge in [-0.05, 0) is 17.8 Å². The third-order valence-corrected chi connectivity index (χ3v) is 6.41. The highest BCUT2D eigenvalue weighted by molar-refractivity contribution is 7.64. The van der Waals surface area contributed by atoms with Crippen LogP contribution in [-0.4, -0.2) is 35.5 Å². The van der Waals surface area contributed by atoms with Gasteiger partial charge in [0.1, 0.15) is 0 Å². The van der Waals surface area contributed by atoms with Crippen molar-refractivity contribution < 1.29 is 4.57 Å². The summed E-state index contributed by atoms with van der Waals surface area (Å²) in [6.07, 6.45) is 0. The second-order valence-corrected chi connectivity index (χ2v) is 6.87. The van der Waals surface area contributed by atoms with Gasteiger partial charge >= 0.3 is 0 Å². The Hall–Kier alpha value is -1.07. The number of hydrogen-bond acceptors (Lipinski definition) is 1. The van der Waals surface area contributed by atoms with Crippen LogP contribution in [0.2, 0.25) is 0 Å². The summed E-state index contributed by atoms with van der Waals surface area (Å²) in [7, 11) is -2.80. The van der Waals surface area contributed by atoms with Crippen molar-refractivity contribution in [3.05, 3.63) is 35.9 Å². The van der Waals surface area contributed by atoms with Crippen LogP contribution in [0.25, 0.3) is 0 Å². The SMILES string of the molecule is CCN(CC)P(=O)(C#Cc1ccccc1)N(CC)CC. The van der Waals surface area contributed by atoms with Gasteiger partial charge in [-0.3, -0.25) is 4.57 Å². The van der Waals surface area contributed by atoms with E-state index in [0.717, 1.165) is 31.7 Å². The van der Waals surface area contributed by atoms with Crippen LogP contribution in [0.4, 0.5) is 0 Å². The van der Waals surface area contributed by atoms with Crippen molar-refractivity contribution in [2.75, 3.05) is 26.2 Å². The molecular weight excluding hydrogens is 267 g/mol. The van der Waals surface area contributed by atoms with Crippen molar-refractivity contribution >= 4 is 7.44 Å². The van der Waals surface area contributed by atoms with Crippen molar-refractivity contribution in [3.63, 3.8) is 0 Å². The molecule has 0 aliphatic rings. The van der Waals surface area contributed by atoms with Crippen LogP contribution < -0.4 is 0 Å². The normalized spacial score (nSPS) is 11.5. The number of hydrogen-bond donors (Lipinski definition) is 0. The maximum Gasteiger partial charge on any atom is 0.288 e. The number of nitrogens with zero attached hydrogens (tertiary/aromatic N) is 2. The summed E-state index contributed by atoms with van der Waals surface area (Å²) >= 11 is 0. The molecule has 1 aromatic carbocycles. The molecule has 0 amide bonds. The van der Waals surface area contributed by atoms with Gasteiger partial charge in [0.05, 0.1) is 0 Å². The summed E-state index contributed by atoms with van der Waals surface area (Å²) in [5, 5.41) is 0. The molecule has 0 aliphatic heterocycles. The van der Waals surface area contributed by atoms with Crippen LogP contribution in [0.3, 0.4) is 0 Å². The molecule has 20 heavy (non-hydrogen) atoms. The summed E-state index contributed by atoms with van der Waals surface area (Å²) in [5.74, 6) is 3.09. The van der Waals surface area contributed by atoms with Gasteiger partial charge in [0, 0.05) is 31.7 Å². The molecule has 0 radical (unpaired) electrons. The van der Waals surface area contributed by atoms with E-state index in [2.05, 4.69) is 11.6 Å². The molecule has 4 heteroatoms. The zero-order chi connectivity index (χ0) is 15.0. The monoisotopic (exact) mass is 292 g/mol. The third-order valence-electron chi connectivity index (χ3n) is 3.35. The molecule has 0 N–H and O–H groups in total. The molecule has 0 spiro atoms. The van der Waals surface area contributed by atoms with E-state index in [1.54, 1.807) is 0 Å². The average molecular weight is 292 g/mol. The second kappa shape index (κ2) is 8.27. The van der Waals surface area contributed by atoms with Crippen LogP contribution in [0.1, 0.15) is 33.3 Å². The van der Waals surface area contributed by atoms with Gasteiger partial charge in [-0.25, -0.2) is 9.34 Å². The predicted molar refractivity (Wildman–Crippen MR) is 86.8 cm³/mol. The highest BCUT2D eigenvalue weighted by Crippen LogP contribution is 2.51. The summed E-state index contributed by atoms with van der Waals surface area (Å²) < 4.78 is 17.4. The Morgan fingerprint density at radius 2 is 1.35 bits per heavy atom. The average Bonchev–Trinajstić information content (AvgIpc) is 2.49. The van der Waals surface area contributed by atoms with Crippen molar-refractivity contribution in [3.8, 4) is 11.6 Å². The van der Waals surface area contributed by atoms with E-state index in [-0.39, 0.29) is 0 Å². The Labute approximate surface area is 123 Å². The summed E-state index contributed by atoms with van der Waals surface area (Å²) in [4.78, 5) is 0. The number of rotatable bonds is 6. The fourth-order valence-electron chi connectivity index (χ4n) is 2.19. The minimum absolute atomic E-state index is 0.744. The Morgan fingerprint density at radius 3 is 1.75 bits per heavy atom. The largest absolute Gasteiger partial charge is 0.288 e. The first kappa shape index (κ1) is 17.0. The number of benzene rings is 1. The lowest BCUT2D eigenvalue weighted by Gasteiger charge is -2.33. The zero-order valence-corrected chi connectivity index (χ0v) is 13.9. The van der Waals surface area contributed by atoms with Crippen molar-refractivity contribution in [2.24, 2.45) is 0 Å². The topological polar surface area (TPSA) is 23.6 Å². The van der Waals surface area contributed by atoms with E-state index in [0.29, 0.717) is 0 Å². The predicted octanol–water partition coefficient (Wildman–Crippen LogP) is 3.87. The maximum absolute atomic E-state index is 13.4. The molecule has 0 aromatic heterocycles. The fourth-order valence-corrected chi connectivity index (χ4v) is 4.64. The van der Waals surface area contributed by atoms with Gasteiger partial charge in [-0.2, -0.15) is 0 Å². The zero-order valence-electron chi connectivity index (χ0n) is 13.0. The molecule has 0 unspecified atom stereocenters. The van der Waals surface area contributed by atoms with Gasteiger partial charge < -0.3 is 0 Å². The van der Waals surface area contributed by atoms with Crippen LogP contribution in [0.5, 0.6) is 0 Å². The van der Waals surface area contributed by atoms with Crippen LogP contribution in [-0.2, 0) is 4.57 Å². The van der Waals surface area contributed by atoms with E-state index >= 15 is 0 Å². The highest BCUT2D eigenvalue weighted by atomic mass is 31.2. The molecule has 3 nitrogen and oxygen atoms in total. The highest BCUT2D eigenvalue weighted by Gasteiger charge is 2.32. The second-order valence-electron chi connectivity index (χ2n) is 4.42. The minimum Gasteiger partial charge on any atom is -0.274 e. The first-order valence-corrected chi connectivity index (χ1v) is 8.92. The standard InChI is InChI=1S/C16H25N2OP/c1-5-17(6-2)20(19,18(7-3)8-4)15-14-16-12-10-9-11-13-16/h9-13H,5-8H2,1-4H3. The van der Waals surface area contributed by atoms with Gasteiger partial charge in [0.25, 0.3) is 7.44 Å². The molecule has 1 aromatic rings. The molecule has 0 saturated carbocycles. The van der Waals surface area contributed by atoms with E-state index < -0.39 is 7.44 Å². The molecule has 0 saturated heterocycles. The summed E-state index contributed by atoms with van der Waals surface area (Å²) in [5.41, 5.74) is 3.98. The Bertz CT molecular complexity index is 480. The summed E-state index contributed by atoms with van der Waals surface area (Å²) in [6.45, 7) is 11.1. The molecule has 0 atom stereocenters. The first-order valence-electron chi connectivity index (χ1n) is 7.31. The lowest BCUT2D eigenvalue weighted by Crippen LogP contribution is -2.31. The van der Waals surface area contributed by atoms with Gasteiger partial charge in [-0.1, -0.05) is 51.8 Å². The fraction of sp³-hybridized carbons (Fsp3) is 0.500. The van der Waals surface area contributed by atoms with Crippen LogP contribution in [0.15, 0.2) is 30.3 Å². The van der Waals surface area contributed by atoms with Crippen LogP contribution in [0, 0.1) is 11.6 Å². The lowest BCUT2D eigenvalue weighted by molar-refractivity contribution is 0.370. The molecule has 0 heterocycles. The van der Waals surface area contributed by atoms with Gasteiger partial charge in [0.15, 0.2) is 0 Å². The summed E-state index contributed by atoms with van der Waals surface area (Å²) in [6, 6.07) is 9.75. The van der Waals surface area contributed by atoms with Crippen molar-refractivity contribution in [1.82, 2.24) is 9.34 Å². The van der Waals surface area contributed by atoms with Gasteiger partial charge in [-0.15, -0.1) is 0 Å². The van der Waals surface area contributed by atoms with E-state index in [1.165, 1.54) is 0 Å². The smallest absolute Gasteiger partial charge is 0.274 e. The quantitative estimate of drug-likeness (QED) is 0.587. The minimum atomic E-state index is -2.80. The van der Waals surface area contributed by atoms with E-state index in [4.69, 9.17) is 0 Å². The third kappa shape index (κ3) is 3.96. The Morgan fingerprint density at radius 1 is 0.900 bits per heavy atom. The molecule has 1 rings (SSSR count). The molecule has 110 valence electrons. The first-order chi connectivity index (χ1) is 9.62. The van der Waals surface area contributed by atoms with E-state index in [1.807, 2.05) is 67.4 Å². The Kier molecular flexibility index (Phi) is 7.02. The maximum atomic E-state index is 13.4. The van der Waals surface area contributed by atoms with E-state index in [9.17, 15) is 4.57 Å². The molecule has 0 fully saturated rings. The van der Waals surface area contributed by atoms with Crippen molar-refractivity contribution in [1.29, 1.82) is 0 Å². The van der Waals surface area contributed by atoms with Crippen LogP contribution >= 0.6 is 7.44 Å². The van der Waals surface area contributed by atoms with Gasteiger partial charge in [0.2, 0.25) is 0 Å². The molecule has 0 bridgehead atoms. The molecule has 0 aliphatic carbocycles. The lowest BCUT2D eigenvalue weighted by atomic mass is 10.2. The molecular formula is C16H25N2OP.